The van der Waals surface area contributed by atoms with E-state index in [9.17, 15) is 4.79 Å². The molecule has 0 spiro atoms. The van der Waals surface area contributed by atoms with Crippen LogP contribution in [0.5, 0.6) is 0 Å². The number of aliphatic carboxylic acids is 1. The van der Waals surface area contributed by atoms with Crippen LogP contribution < -0.4 is 5.32 Å². The van der Waals surface area contributed by atoms with Gasteiger partial charge in [-0.05, 0) is 12.1 Å². The van der Waals surface area contributed by atoms with Crippen LogP contribution in [-0.2, 0) is 17.8 Å². The Labute approximate surface area is 108 Å². The summed E-state index contributed by atoms with van der Waals surface area (Å²) in [5, 5.41) is 22.1. The Bertz CT molecular complexity index is 515. The van der Waals surface area contributed by atoms with E-state index in [-0.39, 0.29) is 6.42 Å². The second kappa shape index (κ2) is 6.06. The number of hydrogen-bond donors (Lipinski definition) is 2. The molecule has 0 aliphatic carbocycles. The SMILES string of the molecule is O=C(O)CCc1csc(NCc2cccnn2)n1. The first-order valence-corrected chi connectivity index (χ1v) is 6.28. The number of nitrogens with one attached hydrogen (secondary N) is 1. The lowest BCUT2D eigenvalue weighted by Gasteiger charge is -2.00. The molecule has 0 saturated carbocycles. The van der Waals surface area contributed by atoms with Gasteiger partial charge in [-0.2, -0.15) is 10.2 Å². The van der Waals surface area contributed by atoms with Gasteiger partial charge >= 0.3 is 5.97 Å². The number of carbonyl (C=O) groups is 1. The van der Waals surface area contributed by atoms with Gasteiger partial charge in [0.1, 0.15) is 0 Å². The molecule has 7 heteroatoms. The first-order chi connectivity index (χ1) is 8.74. The number of aryl methyl sites for hydroxylation is 1. The summed E-state index contributed by atoms with van der Waals surface area (Å²) in [7, 11) is 0. The van der Waals surface area contributed by atoms with Crippen molar-refractivity contribution in [3.8, 4) is 0 Å². The molecule has 2 aromatic rings. The lowest BCUT2D eigenvalue weighted by molar-refractivity contribution is -0.136. The molecule has 6 nitrogen and oxygen atoms in total. The smallest absolute Gasteiger partial charge is 0.303 e. The van der Waals surface area contributed by atoms with Gasteiger partial charge < -0.3 is 10.4 Å². The minimum atomic E-state index is -0.808. The molecule has 2 N–H and O–H groups in total. The Morgan fingerprint density at radius 2 is 2.33 bits per heavy atom. The van der Waals surface area contributed by atoms with Gasteiger partial charge in [-0.15, -0.1) is 11.3 Å². The van der Waals surface area contributed by atoms with Crippen LogP contribution in [0.25, 0.3) is 0 Å². The minimum absolute atomic E-state index is 0.104. The molecule has 0 fully saturated rings. The standard InChI is InChI=1S/C11H12N4O2S/c16-10(17)4-3-9-7-18-11(14-9)12-6-8-2-1-5-13-15-8/h1-2,5,7H,3-4,6H2,(H,12,14)(H,16,17). The summed E-state index contributed by atoms with van der Waals surface area (Å²) >= 11 is 1.46. The number of anilines is 1. The first kappa shape index (κ1) is 12.4. The molecule has 2 heterocycles. The van der Waals surface area contributed by atoms with Gasteiger partial charge in [-0.1, -0.05) is 0 Å². The average Bonchev–Trinajstić information content (AvgIpc) is 2.83. The summed E-state index contributed by atoms with van der Waals surface area (Å²) in [6.07, 6.45) is 2.18. The predicted molar refractivity (Wildman–Crippen MR) is 67.4 cm³/mol. The van der Waals surface area contributed by atoms with Crippen LogP contribution in [0.15, 0.2) is 23.7 Å². The number of rotatable bonds is 6. The first-order valence-electron chi connectivity index (χ1n) is 5.40. The highest BCUT2D eigenvalue weighted by molar-refractivity contribution is 7.13. The quantitative estimate of drug-likeness (QED) is 0.823. The highest BCUT2D eigenvalue weighted by Gasteiger charge is 2.04. The third kappa shape index (κ3) is 3.77. The molecule has 0 atom stereocenters. The molecule has 2 aromatic heterocycles. The monoisotopic (exact) mass is 264 g/mol. The summed E-state index contributed by atoms with van der Waals surface area (Å²) < 4.78 is 0. The lowest BCUT2D eigenvalue weighted by atomic mass is 10.2. The van der Waals surface area contributed by atoms with Crippen molar-refractivity contribution >= 4 is 22.4 Å². The van der Waals surface area contributed by atoms with E-state index in [0.717, 1.165) is 16.5 Å². The van der Waals surface area contributed by atoms with Crippen molar-refractivity contribution in [1.29, 1.82) is 0 Å². The van der Waals surface area contributed by atoms with Gasteiger partial charge in [0.05, 0.1) is 24.4 Å². The van der Waals surface area contributed by atoms with Crippen molar-refractivity contribution in [2.24, 2.45) is 0 Å². The Kier molecular flexibility index (Phi) is 4.19. The average molecular weight is 264 g/mol. The van der Waals surface area contributed by atoms with Crippen molar-refractivity contribution in [1.82, 2.24) is 15.2 Å². The van der Waals surface area contributed by atoms with Crippen molar-refractivity contribution in [2.75, 3.05) is 5.32 Å². The molecular weight excluding hydrogens is 252 g/mol. The molecule has 0 aromatic carbocycles. The fourth-order valence-electron chi connectivity index (χ4n) is 1.33. The maximum absolute atomic E-state index is 10.4. The van der Waals surface area contributed by atoms with Crippen LogP contribution in [0.4, 0.5) is 5.13 Å². The van der Waals surface area contributed by atoms with Crippen molar-refractivity contribution in [2.45, 2.75) is 19.4 Å². The zero-order valence-corrected chi connectivity index (χ0v) is 10.4. The molecular formula is C11H12N4O2S. The van der Waals surface area contributed by atoms with Gasteiger partial charge in [-0.25, -0.2) is 4.98 Å². The maximum atomic E-state index is 10.4. The van der Waals surface area contributed by atoms with E-state index in [1.54, 1.807) is 6.20 Å². The Morgan fingerprint density at radius 1 is 1.44 bits per heavy atom. The van der Waals surface area contributed by atoms with E-state index in [4.69, 9.17) is 5.11 Å². The van der Waals surface area contributed by atoms with E-state index in [0.29, 0.717) is 13.0 Å². The fourth-order valence-corrected chi connectivity index (χ4v) is 2.08. The molecule has 94 valence electrons. The number of carboxylic acids is 1. The molecule has 0 radical (unpaired) electrons. The van der Waals surface area contributed by atoms with Crippen molar-refractivity contribution in [3.05, 3.63) is 35.1 Å². The predicted octanol–water partition coefficient (Wildman–Crippen LogP) is 1.56. The van der Waals surface area contributed by atoms with Crippen LogP contribution in [0, 0.1) is 0 Å². The van der Waals surface area contributed by atoms with E-state index in [1.807, 2.05) is 17.5 Å². The zero-order valence-electron chi connectivity index (χ0n) is 9.54. The second-order valence-corrected chi connectivity index (χ2v) is 4.46. The zero-order chi connectivity index (χ0) is 12.8. The largest absolute Gasteiger partial charge is 0.481 e. The summed E-state index contributed by atoms with van der Waals surface area (Å²) in [6, 6.07) is 3.70. The Balaban J connectivity index is 1.85. The van der Waals surface area contributed by atoms with E-state index in [1.165, 1.54) is 11.3 Å². The van der Waals surface area contributed by atoms with Gasteiger partial charge in [0.25, 0.3) is 0 Å². The van der Waals surface area contributed by atoms with Gasteiger partial charge in [0.2, 0.25) is 0 Å². The number of carboxylic acid groups (broad SMARTS) is 1. The highest BCUT2D eigenvalue weighted by Crippen LogP contribution is 2.17. The van der Waals surface area contributed by atoms with E-state index in [2.05, 4.69) is 20.5 Å². The fraction of sp³-hybridized carbons (Fsp3) is 0.273. The number of thiazole rings is 1. The Hall–Kier alpha value is -2.02. The van der Waals surface area contributed by atoms with Crippen molar-refractivity contribution < 1.29 is 9.90 Å². The summed E-state index contributed by atoms with van der Waals surface area (Å²) in [4.78, 5) is 14.7. The summed E-state index contributed by atoms with van der Waals surface area (Å²) in [6.45, 7) is 0.555. The molecule has 0 amide bonds. The highest BCUT2D eigenvalue weighted by atomic mass is 32.1. The number of hydrogen-bond acceptors (Lipinski definition) is 6. The van der Waals surface area contributed by atoms with Crippen LogP contribution in [0.3, 0.4) is 0 Å². The van der Waals surface area contributed by atoms with Gasteiger partial charge in [0, 0.05) is 18.0 Å². The van der Waals surface area contributed by atoms with E-state index >= 15 is 0 Å². The molecule has 18 heavy (non-hydrogen) atoms. The molecule has 0 bridgehead atoms. The van der Waals surface area contributed by atoms with Crippen LogP contribution >= 0.6 is 11.3 Å². The van der Waals surface area contributed by atoms with Crippen molar-refractivity contribution in [3.63, 3.8) is 0 Å². The Morgan fingerprint density at radius 3 is 3.06 bits per heavy atom. The molecule has 2 rings (SSSR count). The molecule has 0 aliphatic heterocycles. The molecule has 0 unspecified atom stereocenters. The van der Waals surface area contributed by atoms with Crippen LogP contribution in [0.2, 0.25) is 0 Å². The maximum Gasteiger partial charge on any atom is 0.303 e. The van der Waals surface area contributed by atoms with E-state index < -0.39 is 5.97 Å². The lowest BCUT2D eigenvalue weighted by Crippen LogP contribution is -2.02. The topological polar surface area (TPSA) is 88.0 Å². The second-order valence-electron chi connectivity index (χ2n) is 3.61. The van der Waals surface area contributed by atoms with Crippen LogP contribution in [-0.4, -0.2) is 26.3 Å². The number of nitrogens with zero attached hydrogens (tertiary/aromatic N) is 3. The normalized spacial score (nSPS) is 10.2. The van der Waals surface area contributed by atoms with Gasteiger partial charge in [-0.3, -0.25) is 4.79 Å². The summed E-state index contributed by atoms with van der Waals surface area (Å²) in [5.41, 5.74) is 1.63. The molecule has 0 aliphatic rings. The van der Waals surface area contributed by atoms with Gasteiger partial charge in [0.15, 0.2) is 5.13 Å². The molecule has 0 saturated heterocycles. The third-order valence-corrected chi connectivity index (χ3v) is 3.04. The summed E-state index contributed by atoms with van der Waals surface area (Å²) in [5.74, 6) is -0.808. The van der Waals surface area contributed by atoms with Crippen LogP contribution in [0.1, 0.15) is 17.8 Å². The number of aromatic nitrogens is 3. The minimum Gasteiger partial charge on any atom is -0.481 e. The third-order valence-electron chi connectivity index (χ3n) is 2.20.